The van der Waals surface area contributed by atoms with Crippen LogP contribution >= 0.6 is 0 Å². The van der Waals surface area contributed by atoms with Crippen molar-refractivity contribution in [1.82, 2.24) is 4.98 Å². The molecule has 0 unspecified atom stereocenters. The predicted octanol–water partition coefficient (Wildman–Crippen LogP) is 2.27. The van der Waals surface area contributed by atoms with Crippen molar-refractivity contribution in [1.29, 1.82) is 0 Å². The highest BCUT2D eigenvalue weighted by Crippen LogP contribution is 2.19. The monoisotopic (exact) mass is 250 g/mol. The smallest absolute Gasteiger partial charge is 0.178 e. The Morgan fingerprint density at radius 1 is 1.39 bits per heavy atom. The fourth-order valence-corrected chi connectivity index (χ4v) is 2.12. The Bertz CT molecular complexity index is 372. The van der Waals surface area contributed by atoms with Crippen molar-refractivity contribution in [2.75, 3.05) is 18.1 Å². The van der Waals surface area contributed by atoms with Gasteiger partial charge < -0.3 is 10.0 Å². The summed E-state index contributed by atoms with van der Waals surface area (Å²) < 4.78 is 0. The Kier molecular flexibility index (Phi) is 5.78. The summed E-state index contributed by atoms with van der Waals surface area (Å²) in [5, 5.41) is 9.16. The van der Waals surface area contributed by atoms with Gasteiger partial charge in [0.2, 0.25) is 0 Å². The topological polar surface area (TPSA) is 53.4 Å². The van der Waals surface area contributed by atoms with Gasteiger partial charge in [-0.2, -0.15) is 0 Å². The second-order valence-corrected chi connectivity index (χ2v) is 4.35. The molecule has 0 radical (unpaired) electrons. The van der Waals surface area contributed by atoms with Gasteiger partial charge in [0.15, 0.2) is 5.78 Å². The number of Topliss-reactive ketones (excluding diaryl/α,β-unsaturated/α-hetero) is 1. The summed E-state index contributed by atoms with van der Waals surface area (Å²) in [6.07, 6.45) is 3.75. The number of ketones is 1. The number of hydrogen-bond acceptors (Lipinski definition) is 4. The number of pyridine rings is 1. The number of nitrogens with zero attached hydrogens (tertiary/aromatic N) is 2. The van der Waals surface area contributed by atoms with E-state index in [9.17, 15) is 4.79 Å². The van der Waals surface area contributed by atoms with Gasteiger partial charge in [0.1, 0.15) is 5.69 Å². The molecule has 4 heteroatoms. The lowest BCUT2D eigenvalue weighted by Gasteiger charge is -2.31. The summed E-state index contributed by atoms with van der Waals surface area (Å²) in [4.78, 5) is 17.5. The molecule has 0 bridgehead atoms. The highest BCUT2D eigenvalue weighted by molar-refractivity contribution is 5.92. The number of rotatable bonds is 7. The first-order valence-electron chi connectivity index (χ1n) is 6.48. The average Bonchev–Trinajstić information content (AvgIpc) is 2.39. The molecule has 1 rings (SSSR count). The van der Waals surface area contributed by atoms with E-state index in [0.29, 0.717) is 18.3 Å². The largest absolute Gasteiger partial charge is 0.395 e. The zero-order valence-corrected chi connectivity index (χ0v) is 11.4. The minimum Gasteiger partial charge on any atom is -0.395 e. The molecule has 0 aliphatic heterocycles. The lowest BCUT2D eigenvalue weighted by Crippen LogP contribution is -2.36. The van der Waals surface area contributed by atoms with Crippen molar-refractivity contribution in [2.45, 2.75) is 39.7 Å². The van der Waals surface area contributed by atoms with Crippen LogP contribution in [-0.4, -0.2) is 35.1 Å². The number of aliphatic hydroxyl groups is 1. The summed E-state index contributed by atoms with van der Waals surface area (Å²) in [7, 11) is 0. The van der Waals surface area contributed by atoms with E-state index in [4.69, 9.17) is 5.11 Å². The maximum Gasteiger partial charge on any atom is 0.178 e. The summed E-state index contributed by atoms with van der Waals surface area (Å²) in [5.41, 5.74) is 1.44. The standard InChI is InChI=1S/C14H22N2O2/c1-4-12(5-2)16(8-9-17)13-6-7-14(11(3)18)15-10-13/h6-7,10,12,17H,4-5,8-9H2,1-3H3. The lowest BCUT2D eigenvalue weighted by molar-refractivity contribution is 0.101. The molecular formula is C14H22N2O2. The van der Waals surface area contributed by atoms with Crippen LogP contribution in [0.15, 0.2) is 18.3 Å². The quantitative estimate of drug-likeness (QED) is 0.754. The van der Waals surface area contributed by atoms with E-state index < -0.39 is 0 Å². The van der Waals surface area contributed by atoms with Crippen molar-refractivity contribution in [3.8, 4) is 0 Å². The van der Waals surface area contributed by atoms with E-state index in [-0.39, 0.29) is 12.4 Å². The highest BCUT2D eigenvalue weighted by Gasteiger charge is 2.15. The van der Waals surface area contributed by atoms with Crippen molar-refractivity contribution in [3.63, 3.8) is 0 Å². The third-order valence-corrected chi connectivity index (χ3v) is 3.16. The Morgan fingerprint density at radius 2 is 2.06 bits per heavy atom. The molecule has 1 aromatic rings. The Morgan fingerprint density at radius 3 is 2.44 bits per heavy atom. The van der Waals surface area contributed by atoms with Crippen LogP contribution in [0.1, 0.15) is 44.1 Å². The average molecular weight is 250 g/mol. The second-order valence-electron chi connectivity index (χ2n) is 4.35. The summed E-state index contributed by atoms with van der Waals surface area (Å²) in [5.74, 6) is -0.0298. The van der Waals surface area contributed by atoms with Crippen LogP contribution in [0, 0.1) is 0 Å². The van der Waals surface area contributed by atoms with Gasteiger partial charge in [0.25, 0.3) is 0 Å². The van der Waals surface area contributed by atoms with Gasteiger partial charge in [0, 0.05) is 19.5 Å². The summed E-state index contributed by atoms with van der Waals surface area (Å²) in [6.45, 7) is 6.48. The molecule has 0 saturated heterocycles. The fraction of sp³-hybridized carbons (Fsp3) is 0.571. The zero-order chi connectivity index (χ0) is 13.5. The van der Waals surface area contributed by atoms with Crippen molar-refractivity contribution < 1.29 is 9.90 Å². The van der Waals surface area contributed by atoms with Crippen LogP contribution in [0.3, 0.4) is 0 Å². The zero-order valence-electron chi connectivity index (χ0n) is 11.4. The van der Waals surface area contributed by atoms with Crippen molar-refractivity contribution in [2.24, 2.45) is 0 Å². The van der Waals surface area contributed by atoms with E-state index in [2.05, 4.69) is 23.7 Å². The minimum atomic E-state index is -0.0298. The third-order valence-electron chi connectivity index (χ3n) is 3.16. The molecule has 0 aliphatic rings. The van der Waals surface area contributed by atoms with Crippen LogP contribution < -0.4 is 4.90 Å². The number of hydrogen-bond donors (Lipinski definition) is 1. The molecule has 0 spiro atoms. The number of aromatic nitrogens is 1. The van der Waals surface area contributed by atoms with E-state index in [1.165, 1.54) is 6.92 Å². The molecule has 100 valence electrons. The van der Waals surface area contributed by atoms with Crippen LogP contribution in [0.4, 0.5) is 5.69 Å². The van der Waals surface area contributed by atoms with E-state index >= 15 is 0 Å². The van der Waals surface area contributed by atoms with Crippen LogP contribution in [0.5, 0.6) is 0 Å². The van der Waals surface area contributed by atoms with Gasteiger partial charge in [-0.1, -0.05) is 13.8 Å². The number of carbonyl (C=O) groups excluding carboxylic acids is 1. The van der Waals surface area contributed by atoms with Crippen LogP contribution in [0.2, 0.25) is 0 Å². The number of anilines is 1. The highest BCUT2D eigenvalue weighted by atomic mass is 16.3. The Hall–Kier alpha value is -1.42. The SMILES string of the molecule is CCC(CC)N(CCO)c1ccc(C(C)=O)nc1. The van der Waals surface area contributed by atoms with Gasteiger partial charge in [-0.05, 0) is 25.0 Å². The summed E-state index contributed by atoms with van der Waals surface area (Å²) in [6, 6.07) is 4.03. The molecule has 1 aromatic heterocycles. The van der Waals surface area contributed by atoms with Crippen LogP contribution in [0.25, 0.3) is 0 Å². The van der Waals surface area contributed by atoms with E-state index in [1.54, 1.807) is 12.3 Å². The number of aliphatic hydroxyl groups excluding tert-OH is 1. The van der Waals surface area contributed by atoms with Gasteiger partial charge in [-0.3, -0.25) is 9.78 Å². The molecule has 0 saturated carbocycles. The Labute approximate surface area is 109 Å². The van der Waals surface area contributed by atoms with Gasteiger partial charge >= 0.3 is 0 Å². The first-order valence-corrected chi connectivity index (χ1v) is 6.48. The molecule has 4 nitrogen and oxygen atoms in total. The molecule has 1 N–H and O–H groups in total. The van der Waals surface area contributed by atoms with Crippen molar-refractivity contribution in [3.05, 3.63) is 24.0 Å². The minimum absolute atomic E-state index is 0.0298. The molecule has 18 heavy (non-hydrogen) atoms. The maximum absolute atomic E-state index is 11.2. The summed E-state index contributed by atoms with van der Waals surface area (Å²) >= 11 is 0. The van der Waals surface area contributed by atoms with Crippen LogP contribution in [-0.2, 0) is 0 Å². The van der Waals surface area contributed by atoms with E-state index in [1.807, 2.05) is 6.07 Å². The molecule has 0 aromatic carbocycles. The number of carbonyl (C=O) groups is 1. The predicted molar refractivity (Wildman–Crippen MR) is 73.0 cm³/mol. The lowest BCUT2D eigenvalue weighted by atomic mass is 10.1. The fourth-order valence-electron chi connectivity index (χ4n) is 2.12. The first kappa shape index (κ1) is 14.6. The molecule has 0 aliphatic carbocycles. The maximum atomic E-state index is 11.2. The third kappa shape index (κ3) is 3.53. The molecule has 0 amide bonds. The van der Waals surface area contributed by atoms with Gasteiger partial charge in [-0.25, -0.2) is 0 Å². The van der Waals surface area contributed by atoms with Crippen molar-refractivity contribution >= 4 is 11.5 Å². The molecule has 0 fully saturated rings. The van der Waals surface area contributed by atoms with Gasteiger partial charge in [0.05, 0.1) is 18.5 Å². The van der Waals surface area contributed by atoms with E-state index in [0.717, 1.165) is 18.5 Å². The Balaban J connectivity index is 2.94. The second kappa shape index (κ2) is 7.11. The molecule has 1 heterocycles. The first-order chi connectivity index (χ1) is 8.63. The molecule has 0 atom stereocenters. The normalized spacial score (nSPS) is 10.7. The van der Waals surface area contributed by atoms with Gasteiger partial charge in [-0.15, -0.1) is 0 Å². The molecular weight excluding hydrogens is 228 g/mol.